The molecule has 0 aliphatic carbocycles. The second kappa shape index (κ2) is 6.89. The van der Waals surface area contributed by atoms with E-state index in [2.05, 4.69) is 12.2 Å². The Hall–Kier alpha value is -1.10. The first-order valence-corrected chi connectivity index (χ1v) is 7.07. The van der Waals surface area contributed by atoms with E-state index >= 15 is 0 Å². The predicted molar refractivity (Wildman–Crippen MR) is 71.8 cm³/mol. The molecule has 1 aliphatic heterocycles. The Morgan fingerprint density at radius 1 is 1.47 bits per heavy atom. The average molecular weight is 271 g/mol. The van der Waals surface area contributed by atoms with Crippen molar-refractivity contribution in [1.29, 1.82) is 0 Å². The van der Waals surface area contributed by atoms with E-state index in [1.807, 2.05) is 6.92 Å². The molecule has 110 valence electrons. The summed E-state index contributed by atoms with van der Waals surface area (Å²) in [5, 5.41) is 12.1. The molecule has 0 bridgehead atoms. The molecule has 5 heteroatoms. The lowest BCUT2D eigenvalue weighted by atomic mass is 9.85. The van der Waals surface area contributed by atoms with Crippen LogP contribution in [-0.4, -0.2) is 36.2 Å². The monoisotopic (exact) mass is 271 g/mol. The summed E-state index contributed by atoms with van der Waals surface area (Å²) < 4.78 is 5.23. The average Bonchev–Trinajstić information content (AvgIpc) is 2.73. The van der Waals surface area contributed by atoms with Gasteiger partial charge in [0.15, 0.2) is 0 Å². The Bertz CT molecular complexity index is 331. The molecule has 2 N–H and O–H groups in total. The lowest BCUT2D eigenvalue weighted by molar-refractivity contribution is -0.149. The number of aliphatic carboxylic acids is 1. The molecule has 0 aromatic heterocycles. The van der Waals surface area contributed by atoms with Gasteiger partial charge in [0.2, 0.25) is 5.91 Å². The molecular formula is C14H25NO4. The third-order valence-corrected chi connectivity index (χ3v) is 4.03. The van der Waals surface area contributed by atoms with E-state index in [1.54, 1.807) is 6.92 Å². The summed E-state index contributed by atoms with van der Waals surface area (Å²) in [7, 11) is 0. The van der Waals surface area contributed by atoms with Gasteiger partial charge in [-0.25, -0.2) is 0 Å². The quantitative estimate of drug-likeness (QED) is 0.740. The minimum absolute atomic E-state index is 0.0291. The minimum Gasteiger partial charge on any atom is -0.481 e. The van der Waals surface area contributed by atoms with E-state index in [0.717, 1.165) is 25.7 Å². The van der Waals surface area contributed by atoms with E-state index in [4.69, 9.17) is 4.74 Å². The molecule has 1 rings (SSSR count). The van der Waals surface area contributed by atoms with E-state index in [-0.39, 0.29) is 25.0 Å². The lowest BCUT2D eigenvalue weighted by Gasteiger charge is -2.27. The van der Waals surface area contributed by atoms with Crippen LogP contribution in [0.2, 0.25) is 0 Å². The number of nitrogens with one attached hydrogen (secondary N) is 1. The number of carbonyl (C=O) groups is 2. The highest BCUT2D eigenvalue weighted by Crippen LogP contribution is 2.29. The van der Waals surface area contributed by atoms with Gasteiger partial charge in [-0.15, -0.1) is 0 Å². The van der Waals surface area contributed by atoms with Crippen molar-refractivity contribution in [2.45, 2.75) is 52.5 Å². The fraction of sp³-hybridized carbons (Fsp3) is 0.857. The SMILES string of the molecule is CCCCC(CC)C(=O)NC1COCC1(C)C(=O)O. The van der Waals surface area contributed by atoms with Gasteiger partial charge in [0.05, 0.1) is 19.3 Å². The van der Waals surface area contributed by atoms with Crippen molar-refractivity contribution < 1.29 is 19.4 Å². The first-order valence-electron chi connectivity index (χ1n) is 7.07. The van der Waals surface area contributed by atoms with Crippen molar-refractivity contribution in [3.8, 4) is 0 Å². The third kappa shape index (κ3) is 3.69. The smallest absolute Gasteiger partial charge is 0.313 e. The van der Waals surface area contributed by atoms with E-state index < -0.39 is 17.4 Å². The molecule has 1 aliphatic rings. The first kappa shape index (κ1) is 16.0. The third-order valence-electron chi connectivity index (χ3n) is 4.03. The summed E-state index contributed by atoms with van der Waals surface area (Å²) >= 11 is 0. The summed E-state index contributed by atoms with van der Waals surface area (Å²) in [6.07, 6.45) is 3.71. The molecule has 1 amide bonds. The number of carbonyl (C=O) groups excluding carboxylic acids is 1. The number of hydrogen-bond acceptors (Lipinski definition) is 3. The number of ether oxygens (including phenoxy) is 1. The van der Waals surface area contributed by atoms with Gasteiger partial charge in [0, 0.05) is 5.92 Å². The Labute approximate surface area is 114 Å². The molecule has 1 fully saturated rings. The summed E-state index contributed by atoms with van der Waals surface area (Å²) in [6, 6.07) is -0.437. The number of carboxylic acid groups (broad SMARTS) is 1. The minimum atomic E-state index is -1.02. The van der Waals surface area contributed by atoms with E-state index in [1.165, 1.54) is 0 Å². The van der Waals surface area contributed by atoms with Crippen molar-refractivity contribution in [2.75, 3.05) is 13.2 Å². The van der Waals surface area contributed by atoms with E-state index in [9.17, 15) is 14.7 Å². The maximum Gasteiger partial charge on any atom is 0.313 e. The van der Waals surface area contributed by atoms with Gasteiger partial charge in [-0.2, -0.15) is 0 Å². The number of rotatable bonds is 7. The predicted octanol–water partition coefficient (Wildman–Crippen LogP) is 1.81. The maximum atomic E-state index is 12.2. The summed E-state index contributed by atoms with van der Waals surface area (Å²) in [5.41, 5.74) is -1.02. The van der Waals surface area contributed by atoms with Crippen molar-refractivity contribution in [1.82, 2.24) is 5.32 Å². The second-order valence-electron chi connectivity index (χ2n) is 5.55. The van der Waals surface area contributed by atoms with Gasteiger partial charge in [0.25, 0.3) is 0 Å². The molecule has 1 heterocycles. The number of hydrogen-bond donors (Lipinski definition) is 2. The van der Waals surface area contributed by atoms with Crippen LogP contribution in [0.15, 0.2) is 0 Å². The molecule has 0 aromatic rings. The van der Waals surface area contributed by atoms with Crippen molar-refractivity contribution in [3.63, 3.8) is 0 Å². The molecule has 0 radical (unpaired) electrons. The van der Waals surface area contributed by atoms with Gasteiger partial charge >= 0.3 is 5.97 Å². The van der Waals surface area contributed by atoms with Gasteiger partial charge in [-0.05, 0) is 19.8 Å². The van der Waals surface area contributed by atoms with Crippen LogP contribution in [-0.2, 0) is 14.3 Å². The number of carboxylic acids is 1. The van der Waals surface area contributed by atoms with Crippen LogP contribution in [0, 0.1) is 11.3 Å². The van der Waals surface area contributed by atoms with Crippen LogP contribution in [0.25, 0.3) is 0 Å². The van der Waals surface area contributed by atoms with Gasteiger partial charge in [0.1, 0.15) is 5.41 Å². The van der Waals surface area contributed by atoms with Crippen LogP contribution in [0.5, 0.6) is 0 Å². The van der Waals surface area contributed by atoms with Crippen LogP contribution in [0.3, 0.4) is 0 Å². The van der Waals surface area contributed by atoms with Crippen molar-refractivity contribution in [3.05, 3.63) is 0 Å². The Balaban J connectivity index is 2.62. The fourth-order valence-corrected chi connectivity index (χ4v) is 2.35. The molecular weight excluding hydrogens is 246 g/mol. The highest BCUT2D eigenvalue weighted by atomic mass is 16.5. The maximum absolute atomic E-state index is 12.2. The Morgan fingerprint density at radius 2 is 2.16 bits per heavy atom. The van der Waals surface area contributed by atoms with Gasteiger partial charge in [-0.3, -0.25) is 9.59 Å². The molecule has 3 atom stereocenters. The highest BCUT2D eigenvalue weighted by molar-refractivity contribution is 5.81. The zero-order chi connectivity index (χ0) is 14.5. The van der Waals surface area contributed by atoms with Crippen molar-refractivity contribution in [2.24, 2.45) is 11.3 Å². The molecule has 0 saturated carbocycles. The lowest BCUT2D eigenvalue weighted by Crippen LogP contribution is -2.51. The second-order valence-corrected chi connectivity index (χ2v) is 5.55. The molecule has 0 spiro atoms. The Morgan fingerprint density at radius 3 is 2.68 bits per heavy atom. The van der Waals surface area contributed by atoms with E-state index in [0.29, 0.717) is 0 Å². The standard InChI is InChI=1S/C14H25NO4/c1-4-6-7-10(5-2)12(16)15-11-8-19-9-14(11,3)13(17)18/h10-11H,4-9H2,1-3H3,(H,15,16)(H,17,18). The molecule has 1 saturated heterocycles. The van der Waals surface area contributed by atoms with Crippen LogP contribution in [0.1, 0.15) is 46.5 Å². The molecule has 5 nitrogen and oxygen atoms in total. The van der Waals surface area contributed by atoms with Crippen LogP contribution in [0.4, 0.5) is 0 Å². The molecule has 0 aromatic carbocycles. The molecule has 3 unspecified atom stereocenters. The van der Waals surface area contributed by atoms with Gasteiger partial charge < -0.3 is 15.2 Å². The van der Waals surface area contributed by atoms with Crippen LogP contribution < -0.4 is 5.32 Å². The number of amides is 1. The highest BCUT2D eigenvalue weighted by Gasteiger charge is 2.47. The van der Waals surface area contributed by atoms with Crippen molar-refractivity contribution >= 4 is 11.9 Å². The zero-order valence-electron chi connectivity index (χ0n) is 12.1. The molecule has 19 heavy (non-hydrogen) atoms. The van der Waals surface area contributed by atoms with Crippen LogP contribution >= 0.6 is 0 Å². The zero-order valence-corrected chi connectivity index (χ0v) is 12.1. The first-order chi connectivity index (χ1) is 8.95. The summed E-state index contributed by atoms with van der Waals surface area (Å²) in [6.45, 7) is 6.14. The van der Waals surface area contributed by atoms with Gasteiger partial charge in [-0.1, -0.05) is 26.7 Å². The number of unbranched alkanes of at least 4 members (excludes halogenated alkanes) is 1. The summed E-state index contributed by atoms with van der Waals surface area (Å²) in [4.78, 5) is 23.5. The topological polar surface area (TPSA) is 75.6 Å². The Kier molecular flexibility index (Phi) is 5.79. The normalized spacial score (nSPS) is 28.1. The largest absolute Gasteiger partial charge is 0.481 e. The fourth-order valence-electron chi connectivity index (χ4n) is 2.35. The summed E-state index contributed by atoms with van der Waals surface area (Å²) in [5.74, 6) is -0.991.